The first-order valence-electron chi connectivity index (χ1n) is 5.92. The van der Waals surface area contributed by atoms with Crippen LogP contribution in [0, 0.1) is 0 Å². The maximum Gasteiger partial charge on any atom is 0.127 e. The van der Waals surface area contributed by atoms with Gasteiger partial charge in [-0.05, 0) is 13.0 Å². The molecule has 0 amide bonds. The van der Waals surface area contributed by atoms with E-state index in [0.29, 0.717) is 0 Å². The first-order valence-corrected chi connectivity index (χ1v) is 6.74. The lowest BCUT2D eigenvalue weighted by Crippen LogP contribution is -2.11. The highest BCUT2D eigenvalue weighted by Gasteiger charge is 2.11. The third-order valence-corrected chi connectivity index (χ3v) is 3.75. The molecule has 2 heterocycles. The van der Waals surface area contributed by atoms with Crippen molar-refractivity contribution in [1.82, 2.24) is 20.1 Å². The van der Waals surface area contributed by atoms with Gasteiger partial charge in [-0.15, -0.1) is 11.3 Å². The third kappa shape index (κ3) is 2.73. The van der Waals surface area contributed by atoms with Crippen LogP contribution in [0.4, 0.5) is 0 Å². The Kier molecular flexibility index (Phi) is 3.91. The van der Waals surface area contributed by atoms with E-state index in [9.17, 15) is 0 Å². The Labute approximate surface area is 106 Å². The van der Waals surface area contributed by atoms with Gasteiger partial charge in [0.2, 0.25) is 0 Å². The third-order valence-electron chi connectivity index (χ3n) is 2.60. The predicted molar refractivity (Wildman–Crippen MR) is 71.1 cm³/mol. The first kappa shape index (κ1) is 12.3. The topological polar surface area (TPSA) is 42.7 Å². The molecule has 0 unspecified atom stereocenters. The summed E-state index contributed by atoms with van der Waals surface area (Å²) in [6, 6.07) is 0. The van der Waals surface area contributed by atoms with Crippen LogP contribution < -0.4 is 5.32 Å². The number of rotatable bonds is 5. The maximum atomic E-state index is 4.69. The quantitative estimate of drug-likeness (QED) is 0.884. The van der Waals surface area contributed by atoms with Crippen molar-refractivity contribution >= 4 is 11.3 Å². The maximum absolute atomic E-state index is 4.69. The molecule has 2 aromatic rings. The van der Waals surface area contributed by atoms with Crippen molar-refractivity contribution in [2.75, 3.05) is 6.54 Å². The molecule has 17 heavy (non-hydrogen) atoms. The summed E-state index contributed by atoms with van der Waals surface area (Å²) in [5, 5.41) is 8.62. The van der Waals surface area contributed by atoms with E-state index in [1.54, 1.807) is 11.3 Å². The Morgan fingerprint density at radius 3 is 2.82 bits per heavy atom. The van der Waals surface area contributed by atoms with Gasteiger partial charge in [-0.2, -0.15) is 5.10 Å². The van der Waals surface area contributed by atoms with Crippen molar-refractivity contribution in [3.63, 3.8) is 0 Å². The van der Waals surface area contributed by atoms with E-state index in [1.165, 1.54) is 10.6 Å². The van der Waals surface area contributed by atoms with Crippen LogP contribution in [-0.4, -0.2) is 21.3 Å². The van der Waals surface area contributed by atoms with Crippen molar-refractivity contribution in [3.8, 4) is 10.6 Å². The molecule has 4 nitrogen and oxygen atoms in total. The lowest BCUT2D eigenvalue weighted by molar-refractivity contribution is 0.727. The lowest BCUT2D eigenvalue weighted by atomic mass is 10.3. The minimum absolute atomic E-state index is 0.914. The SMILES string of the molecule is CCNCc1sc(-c2cnn(C)c2)nc1CC. The van der Waals surface area contributed by atoms with Gasteiger partial charge in [-0.3, -0.25) is 4.68 Å². The van der Waals surface area contributed by atoms with Gasteiger partial charge >= 0.3 is 0 Å². The van der Waals surface area contributed by atoms with Crippen LogP contribution in [0.5, 0.6) is 0 Å². The molecule has 0 fully saturated rings. The van der Waals surface area contributed by atoms with Gasteiger partial charge in [-0.25, -0.2) is 4.98 Å². The second-order valence-electron chi connectivity index (χ2n) is 3.93. The van der Waals surface area contributed by atoms with Crippen LogP contribution in [0.2, 0.25) is 0 Å². The second kappa shape index (κ2) is 5.42. The van der Waals surface area contributed by atoms with Crippen molar-refractivity contribution in [2.45, 2.75) is 26.8 Å². The first-order chi connectivity index (χ1) is 8.24. The van der Waals surface area contributed by atoms with Crippen LogP contribution in [0.3, 0.4) is 0 Å². The molecule has 0 radical (unpaired) electrons. The van der Waals surface area contributed by atoms with Gasteiger partial charge < -0.3 is 5.32 Å². The predicted octanol–water partition coefficient (Wildman–Crippen LogP) is 2.22. The Hall–Kier alpha value is -1.20. The number of hydrogen-bond donors (Lipinski definition) is 1. The highest BCUT2D eigenvalue weighted by molar-refractivity contribution is 7.15. The number of aromatic nitrogens is 3. The molecule has 0 aliphatic rings. The van der Waals surface area contributed by atoms with Crippen molar-refractivity contribution in [3.05, 3.63) is 23.0 Å². The Morgan fingerprint density at radius 2 is 2.24 bits per heavy atom. The zero-order valence-electron chi connectivity index (χ0n) is 10.5. The van der Waals surface area contributed by atoms with Gasteiger partial charge in [0.15, 0.2) is 0 Å². The molecule has 0 bridgehead atoms. The fourth-order valence-corrected chi connectivity index (χ4v) is 2.79. The van der Waals surface area contributed by atoms with Crippen LogP contribution in [-0.2, 0) is 20.0 Å². The number of hydrogen-bond acceptors (Lipinski definition) is 4. The average molecular weight is 250 g/mol. The fourth-order valence-electron chi connectivity index (χ4n) is 1.69. The summed E-state index contributed by atoms with van der Waals surface area (Å²) < 4.78 is 1.81. The smallest absolute Gasteiger partial charge is 0.127 e. The molecular weight excluding hydrogens is 232 g/mol. The molecule has 5 heteroatoms. The molecule has 2 aromatic heterocycles. The number of thiazole rings is 1. The van der Waals surface area contributed by atoms with E-state index in [1.807, 2.05) is 24.1 Å². The van der Waals surface area contributed by atoms with E-state index in [4.69, 9.17) is 4.98 Å². The summed E-state index contributed by atoms with van der Waals surface area (Å²) in [7, 11) is 1.93. The van der Waals surface area contributed by atoms with Crippen LogP contribution in [0.25, 0.3) is 10.6 Å². The van der Waals surface area contributed by atoms with Crippen LogP contribution in [0.1, 0.15) is 24.4 Å². The van der Waals surface area contributed by atoms with E-state index < -0.39 is 0 Å². The Morgan fingerprint density at radius 1 is 1.41 bits per heavy atom. The minimum atomic E-state index is 0.914. The number of aryl methyl sites for hydroxylation is 2. The minimum Gasteiger partial charge on any atom is -0.312 e. The second-order valence-corrected chi connectivity index (χ2v) is 5.01. The largest absolute Gasteiger partial charge is 0.312 e. The normalized spacial score (nSPS) is 11.0. The molecule has 0 spiro atoms. The molecule has 0 atom stereocenters. The molecule has 0 saturated heterocycles. The zero-order valence-corrected chi connectivity index (χ0v) is 11.3. The summed E-state index contributed by atoms with van der Waals surface area (Å²) in [4.78, 5) is 6.03. The molecule has 92 valence electrons. The van der Waals surface area contributed by atoms with Crippen LogP contribution in [0.15, 0.2) is 12.4 Å². The van der Waals surface area contributed by atoms with Crippen molar-refractivity contribution < 1.29 is 0 Å². The molecule has 0 aliphatic carbocycles. The van der Waals surface area contributed by atoms with Gasteiger partial charge in [0.05, 0.1) is 11.9 Å². The number of nitrogens with one attached hydrogen (secondary N) is 1. The van der Waals surface area contributed by atoms with Crippen LogP contribution >= 0.6 is 11.3 Å². The number of nitrogens with zero attached hydrogens (tertiary/aromatic N) is 3. The van der Waals surface area contributed by atoms with E-state index in [0.717, 1.165) is 30.1 Å². The molecule has 0 aliphatic heterocycles. The van der Waals surface area contributed by atoms with Gasteiger partial charge in [-0.1, -0.05) is 13.8 Å². The molecule has 2 rings (SSSR count). The molecular formula is C12H18N4S. The zero-order chi connectivity index (χ0) is 12.3. The summed E-state index contributed by atoms with van der Waals surface area (Å²) in [5.41, 5.74) is 2.31. The van der Waals surface area contributed by atoms with E-state index >= 15 is 0 Å². The summed E-state index contributed by atoms with van der Waals surface area (Å²) in [6.07, 6.45) is 4.86. The van der Waals surface area contributed by atoms with Crippen molar-refractivity contribution in [2.24, 2.45) is 7.05 Å². The molecule has 1 N–H and O–H groups in total. The average Bonchev–Trinajstić information content (AvgIpc) is 2.92. The highest BCUT2D eigenvalue weighted by Crippen LogP contribution is 2.28. The van der Waals surface area contributed by atoms with E-state index in [-0.39, 0.29) is 0 Å². The molecule has 0 saturated carbocycles. The van der Waals surface area contributed by atoms with Gasteiger partial charge in [0, 0.05) is 30.2 Å². The Balaban J connectivity index is 2.27. The summed E-state index contributed by atoms with van der Waals surface area (Å²) >= 11 is 1.76. The van der Waals surface area contributed by atoms with Crippen molar-refractivity contribution in [1.29, 1.82) is 0 Å². The van der Waals surface area contributed by atoms with E-state index in [2.05, 4.69) is 24.3 Å². The monoisotopic (exact) mass is 250 g/mol. The summed E-state index contributed by atoms with van der Waals surface area (Å²) in [5.74, 6) is 0. The highest BCUT2D eigenvalue weighted by atomic mass is 32.1. The standard InChI is InChI=1S/C12H18N4S/c1-4-10-11(7-13-5-2)17-12(15-10)9-6-14-16(3)8-9/h6,8,13H,4-5,7H2,1-3H3. The fraction of sp³-hybridized carbons (Fsp3) is 0.500. The Bertz CT molecular complexity index is 486. The molecule has 0 aromatic carbocycles. The van der Waals surface area contributed by atoms with Gasteiger partial charge in [0.25, 0.3) is 0 Å². The summed E-state index contributed by atoms with van der Waals surface area (Å²) in [6.45, 7) is 6.17. The van der Waals surface area contributed by atoms with Gasteiger partial charge in [0.1, 0.15) is 5.01 Å². The lowest BCUT2D eigenvalue weighted by Gasteiger charge is -1.99.